The van der Waals surface area contributed by atoms with E-state index in [0.29, 0.717) is 12.8 Å². The number of rotatable bonds is 11. The SMILES string of the molecule is CCC(C(=O)OCc1cccc([C@H](C)c2c[nH]cn2)c1C)C(COC(=O)C(C)(C)C)Cc1cncn1C. The van der Waals surface area contributed by atoms with Crippen LogP contribution in [0.2, 0.25) is 0 Å². The number of aryl methyl sites for hydroxylation is 1. The third-order valence-corrected chi connectivity index (χ3v) is 7.03. The number of hydrogen-bond acceptors (Lipinski definition) is 6. The van der Waals surface area contributed by atoms with Crippen molar-refractivity contribution < 1.29 is 19.1 Å². The molecule has 0 aliphatic rings. The predicted molar refractivity (Wildman–Crippen MR) is 142 cm³/mol. The molecule has 1 aromatic carbocycles. The summed E-state index contributed by atoms with van der Waals surface area (Å²) in [7, 11) is 1.92. The van der Waals surface area contributed by atoms with Gasteiger partial charge >= 0.3 is 11.9 Å². The van der Waals surface area contributed by atoms with Crippen LogP contribution in [0.15, 0.2) is 43.2 Å². The number of aromatic nitrogens is 4. The van der Waals surface area contributed by atoms with Crippen molar-refractivity contribution in [3.8, 4) is 0 Å². The first-order valence-corrected chi connectivity index (χ1v) is 12.9. The Kier molecular flexibility index (Phi) is 9.29. The van der Waals surface area contributed by atoms with Crippen LogP contribution in [0, 0.1) is 24.2 Å². The molecule has 8 heteroatoms. The van der Waals surface area contributed by atoms with Crippen LogP contribution in [-0.4, -0.2) is 38.1 Å². The summed E-state index contributed by atoms with van der Waals surface area (Å²) in [6.45, 7) is 11.9. The average molecular weight is 509 g/mol. The van der Waals surface area contributed by atoms with Gasteiger partial charge in [0, 0.05) is 37.0 Å². The van der Waals surface area contributed by atoms with Crippen LogP contribution in [0.5, 0.6) is 0 Å². The molecule has 0 aliphatic carbocycles. The fourth-order valence-corrected chi connectivity index (χ4v) is 4.51. The van der Waals surface area contributed by atoms with Gasteiger partial charge in [-0.2, -0.15) is 0 Å². The van der Waals surface area contributed by atoms with Crippen LogP contribution < -0.4 is 0 Å². The molecule has 8 nitrogen and oxygen atoms in total. The second-order valence-corrected chi connectivity index (χ2v) is 10.8. The maximum absolute atomic E-state index is 13.4. The highest BCUT2D eigenvalue weighted by Crippen LogP contribution is 2.29. The summed E-state index contributed by atoms with van der Waals surface area (Å²) < 4.78 is 13.5. The molecule has 0 radical (unpaired) electrons. The number of aromatic amines is 1. The first-order valence-electron chi connectivity index (χ1n) is 12.9. The molecular formula is C29H40N4O4. The van der Waals surface area contributed by atoms with Crippen molar-refractivity contribution in [3.63, 3.8) is 0 Å². The summed E-state index contributed by atoms with van der Waals surface area (Å²) in [5.41, 5.74) is 4.52. The Labute approximate surface area is 219 Å². The van der Waals surface area contributed by atoms with Crippen molar-refractivity contribution in [3.05, 3.63) is 71.3 Å². The van der Waals surface area contributed by atoms with E-state index < -0.39 is 11.3 Å². The molecule has 1 N–H and O–H groups in total. The van der Waals surface area contributed by atoms with E-state index in [9.17, 15) is 9.59 Å². The van der Waals surface area contributed by atoms with Crippen molar-refractivity contribution >= 4 is 11.9 Å². The Morgan fingerprint density at radius 3 is 2.54 bits per heavy atom. The number of carbonyl (C=O) groups is 2. The summed E-state index contributed by atoms with van der Waals surface area (Å²) in [6, 6.07) is 6.06. The Balaban J connectivity index is 1.74. The van der Waals surface area contributed by atoms with E-state index in [0.717, 1.165) is 28.1 Å². The van der Waals surface area contributed by atoms with E-state index in [-0.39, 0.29) is 37.0 Å². The van der Waals surface area contributed by atoms with E-state index in [2.05, 4.69) is 34.9 Å². The zero-order chi connectivity index (χ0) is 27.2. The normalized spacial score (nSPS) is 14.1. The lowest BCUT2D eigenvalue weighted by atomic mass is 9.86. The smallest absolute Gasteiger partial charge is 0.311 e. The van der Waals surface area contributed by atoms with Gasteiger partial charge < -0.3 is 19.0 Å². The van der Waals surface area contributed by atoms with Crippen molar-refractivity contribution in [2.24, 2.45) is 24.3 Å². The maximum Gasteiger partial charge on any atom is 0.311 e. The highest BCUT2D eigenvalue weighted by Gasteiger charge is 2.32. The fourth-order valence-electron chi connectivity index (χ4n) is 4.51. The third kappa shape index (κ3) is 7.08. The van der Waals surface area contributed by atoms with E-state index in [1.807, 2.05) is 57.6 Å². The monoisotopic (exact) mass is 508 g/mol. The summed E-state index contributed by atoms with van der Waals surface area (Å²) in [4.78, 5) is 37.4. The molecule has 0 aliphatic heterocycles. The van der Waals surface area contributed by atoms with Gasteiger partial charge in [0.05, 0.1) is 36.3 Å². The lowest BCUT2D eigenvalue weighted by Gasteiger charge is -2.26. The van der Waals surface area contributed by atoms with Crippen LogP contribution in [0.3, 0.4) is 0 Å². The topological polar surface area (TPSA) is 99.1 Å². The molecule has 0 saturated carbocycles. The van der Waals surface area contributed by atoms with Crippen LogP contribution in [-0.2, 0) is 39.1 Å². The number of imidazole rings is 2. The molecule has 0 saturated heterocycles. The summed E-state index contributed by atoms with van der Waals surface area (Å²) in [5, 5.41) is 0. The minimum absolute atomic E-state index is 0.117. The molecule has 3 rings (SSSR count). The molecule has 2 aromatic heterocycles. The second kappa shape index (κ2) is 12.2. The van der Waals surface area contributed by atoms with Gasteiger partial charge in [-0.25, -0.2) is 9.97 Å². The molecular weight excluding hydrogens is 468 g/mol. The van der Waals surface area contributed by atoms with Gasteiger partial charge in [0.15, 0.2) is 0 Å². The fraction of sp³-hybridized carbons (Fsp3) is 0.517. The minimum Gasteiger partial charge on any atom is -0.465 e. The first kappa shape index (κ1) is 28.2. The van der Waals surface area contributed by atoms with Crippen molar-refractivity contribution in [1.82, 2.24) is 19.5 Å². The van der Waals surface area contributed by atoms with Crippen LogP contribution >= 0.6 is 0 Å². The summed E-state index contributed by atoms with van der Waals surface area (Å²) >= 11 is 0. The van der Waals surface area contributed by atoms with Gasteiger partial charge in [-0.3, -0.25) is 9.59 Å². The van der Waals surface area contributed by atoms with E-state index in [1.165, 1.54) is 0 Å². The molecule has 0 bridgehead atoms. The number of nitrogens with zero attached hydrogens (tertiary/aromatic N) is 3. The number of esters is 2. The lowest BCUT2D eigenvalue weighted by molar-refractivity contribution is -0.160. The molecule has 200 valence electrons. The van der Waals surface area contributed by atoms with Crippen molar-refractivity contribution in [2.75, 3.05) is 6.61 Å². The van der Waals surface area contributed by atoms with Gasteiger partial charge in [0.2, 0.25) is 0 Å². The minimum atomic E-state index is -0.616. The maximum atomic E-state index is 13.4. The largest absolute Gasteiger partial charge is 0.465 e. The Hall–Kier alpha value is -3.42. The van der Waals surface area contributed by atoms with Crippen LogP contribution in [0.1, 0.15) is 75.0 Å². The standard InChI is InChI=1S/C29H40N4O4/c1-8-24(22(12-23-13-31-18-33(23)7)16-37-28(35)29(4,5)6)27(34)36-15-21-10-9-11-25(19(21)2)20(3)26-14-30-17-32-26/h9-11,13-14,17-18,20,22,24H,8,12,15-16H2,1-7H3,(H,30,32)/t20-,22?,24?/m0/s1. The van der Waals surface area contributed by atoms with Crippen molar-refractivity contribution in [2.45, 2.75) is 66.9 Å². The molecule has 0 fully saturated rings. The average Bonchev–Trinajstić information content (AvgIpc) is 3.53. The molecule has 37 heavy (non-hydrogen) atoms. The third-order valence-electron chi connectivity index (χ3n) is 7.03. The molecule has 3 atom stereocenters. The van der Waals surface area contributed by atoms with Crippen LogP contribution in [0.4, 0.5) is 0 Å². The van der Waals surface area contributed by atoms with Gasteiger partial charge in [0.25, 0.3) is 0 Å². The molecule has 0 spiro atoms. The molecule has 2 heterocycles. The van der Waals surface area contributed by atoms with Gasteiger partial charge in [0.1, 0.15) is 6.61 Å². The van der Waals surface area contributed by atoms with Gasteiger partial charge in [-0.1, -0.05) is 32.0 Å². The summed E-state index contributed by atoms with van der Waals surface area (Å²) in [5.74, 6) is -1.11. The number of H-pyrrole nitrogens is 1. The van der Waals surface area contributed by atoms with E-state index >= 15 is 0 Å². The molecule has 2 unspecified atom stereocenters. The highest BCUT2D eigenvalue weighted by molar-refractivity contribution is 5.75. The quantitative estimate of drug-likeness (QED) is 0.361. The number of hydrogen-bond donors (Lipinski definition) is 1. The second-order valence-electron chi connectivity index (χ2n) is 10.8. The number of ether oxygens (including phenoxy) is 2. The number of benzene rings is 1. The molecule has 3 aromatic rings. The summed E-state index contributed by atoms with van der Waals surface area (Å²) in [6.07, 6.45) is 8.22. The number of nitrogens with one attached hydrogen (secondary N) is 1. The number of carbonyl (C=O) groups excluding carboxylic acids is 2. The predicted octanol–water partition coefficient (Wildman–Crippen LogP) is 5.12. The first-order chi connectivity index (χ1) is 17.5. The Morgan fingerprint density at radius 2 is 1.95 bits per heavy atom. The lowest BCUT2D eigenvalue weighted by Crippen LogP contribution is -2.33. The zero-order valence-corrected chi connectivity index (χ0v) is 23.1. The Bertz CT molecular complexity index is 1180. The van der Waals surface area contributed by atoms with Gasteiger partial charge in [-0.05, 0) is 57.2 Å². The Morgan fingerprint density at radius 1 is 1.19 bits per heavy atom. The highest BCUT2D eigenvalue weighted by atomic mass is 16.5. The van der Waals surface area contributed by atoms with Crippen LogP contribution in [0.25, 0.3) is 0 Å². The van der Waals surface area contributed by atoms with Gasteiger partial charge in [-0.15, -0.1) is 0 Å². The molecule has 0 amide bonds. The van der Waals surface area contributed by atoms with Crippen molar-refractivity contribution in [1.29, 1.82) is 0 Å². The van der Waals surface area contributed by atoms with E-state index in [4.69, 9.17) is 9.47 Å². The van der Waals surface area contributed by atoms with E-state index in [1.54, 1.807) is 18.9 Å². The zero-order valence-electron chi connectivity index (χ0n) is 23.1.